The zero-order valence-electron chi connectivity index (χ0n) is 17.4. The zero-order chi connectivity index (χ0) is 21.5. The molecule has 0 aromatic carbocycles. The number of aromatic nitrogens is 1. The van der Waals surface area contributed by atoms with E-state index in [0.29, 0.717) is 44.1 Å². The van der Waals surface area contributed by atoms with E-state index >= 15 is 0 Å². The second-order valence-electron chi connectivity index (χ2n) is 8.44. The van der Waals surface area contributed by atoms with E-state index in [2.05, 4.69) is 10.3 Å². The average Bonchev–Trinajstić information content (AvgIpc) is 3.54. The number of piperazine rings is 1. The van der Waals surface area contributed by atoms with Crippen molar-refractivity contribution in [3.8, 4) is 5.88 Å². The van der Waals surface area contributed by atoms with E-state index in [1.54, 1.807) is 17.0 Å². The molecule has 7 nitrogen and oxygen atoms in total. The van der Waals surface area contributed by atoms with Crippen molar-refractivity contribution in [3.63, 3.8) is 0 Å². The summed E-state index contributed by atoms with van der Waals surface area (Å²) in [6.07, 6.45) is 3.14. The normalized spacial score (nSPS) is 22.3. The molecular formula is C21H28F2N4O3. The molecule has 0 bridgehead atoms. The van der Waals surface area contributed by atoms with Crippen molar-refractivity contribution in [2.45, 2.75) is 51.0 Å². The molecule has 3 heterocycles. The number of ether oxygens (including phenoxy) is 1. The Bertz CT molecular complexity index is 832. The van der Waals surface area contributed by atoms with Crippen molar-refractivity contribution < 1.29 is 23.1 Å². The third-order valence-electron chi connectivity index (χ3n) is 6.37. The molecule has 2 saturated heterocycles. The van der Waals surface area contributed by atoms with E-state index in [1.807, 2.05) is 13.8 Å². The van der Waals surface area contributed by atoms with E-state index < -0.39 is 11.5 Å². The van der Waals surface area contributed by atoms with Gasteiger partial charge in [-0.05, 0) is 43.7 Å². The van der Waals surface area contributed by atoms with Gasteiger partial charge in [-0.15, -0.1) is 0 Å². The summed E-state index contributed by atoms with van der Waals surface area (Å²) < 4.78 is 32.6. The maximum absolute atomic E-state index is 13.4. The number of nitrogens with one attached hydrogen (secondary N) is 1. The van der Waals surface area contributed by atoms with Gasteiger partial charge in [0.15, 0.2) is 0 Å². The Morgan fingerprint density at radius 2 is 1.97 bits per heavy atom. The lowest BCUT2D eigenvalue weighted by atomic mass is 9.87. The highest BCUT2D eigenvalue weighted by molar-refractivity contribution is 5.99. The van der Waals surface area contributed by atoms with Gasteiger partial charge in [-0.1, -0.05) is 13.8 Å². The molecule has 1 aliphatic carbocycles. The van der Waals surface area contributed by atoms with Crippen LogP contribution in [0.25, 0.3) is 0 Å². The largest absolute Gasteiger partial charge is 0.476 e. The first-order chi connectivity index (χ1) is 14.3. The third kappa shape index (κ3) is 3.70. The number of rotatable bonds is 7. The van der Waals surface area contributed by atoms with Crippen LogP contribution in [-0.2, 0) is 4.79 Å². The summed E-state index contributed by atoms with van der Waals surface area (Å²) in [5, 5.41) is 2.85. The second-order valence-corrected chi connectivity index (χ2v) is 8.44. The Labute approximate surface area is 174 Å². The first-order valence-corrected chi connectivity index (χ1v) is 10.7. The highest BCUT2D eigenvalue weighted by Crippen LogP contribution is 2.38. The monoisotopic (exact) mass is 422 g/mol. The molecule has 1 aromatic rings. The second kappa shape index (κ2) is 7.67. The Kier molecular flexibility index (Phi) is 5.32. The van der Waals surface area contributed by atoms with Gasteiger partial charge in [0.1, 0.15) is 16.9 Å². The first-order valence-electron chi connectivity index (χ1n) is 10.7. The molecule has 1 aromatic heterocycles. The number of amides is 2. The molecule has 3 fully saturated rings. The van der Waals surface area contributed by atoms with Gasteiger partial charge >= 0.3 is 0 Å². The molecule has 0 radical (unpaired) electrons. The van der Waals surface area contributed by atoms with Crippen LogP contribution in [0.15, 0.2) is 12.1 Å². The van der Waals surface area contributed by atoms with Crippen molar-refractivity contribution in [2.24, 2.45) is 5.92 Å². The van der Waals surface area contributed by atoms with E-state index in [0.717, 1.165) is 12.8 Å². The summed E-state index contributed by atoms with van der Waals surface area (Å²) in [7, 11) is 0. The summed E-state index contributed by atoms with van der Waals surface area (Å²) in [4.78, 5) is 33.5. The Balaban J connectivity index is 1.61. The molecule has 0 spiro atoms. The number of carbonyl (C=O) groups is 2. The Morgan fingerprint density at radius 3 is 2.57 bits per heavy atom. The predicted octanol–water partition coefficient (Wildman–Crippen LogP) is 2.46. The van der Waals surface area contributed by atoms with Gasteiger partial charge in [0.25, 0.3) is 11.8 Å². The molecule has 0 unspecified atom stereocenters. The van der Waals surface area contributed by atoms with Crippen LogP contribution in [0.4, 0.5) is 14.5 Å². The lowest BCUT2D eigenvalue weighted by Crippen LogP contribution is -2.66. The summed E-state index contributed by atoms with van der Waals surface area (Å²) in [6.45, 7) is 4.25. The summed E-state index contributed by atoms with van der Waals surface area (Å²) in [6, 6.07) is 3.17. The minimum atomic E-state index is -2.72. The molecule has 9 heteroatoms. The van der Waals surface area contributed by atoms with Crippen molar-refractivity contribution >= 4 is 17.5 Å². The van der Waals surface area contributed by atoms with E-state index in [4.69, 9.17) is 4.74 Å². The molecule has 1 N–H and O–H groups in total. The quantitative estimate of drug-likeness (QED) is 0.731. The molecule has 2 amide bonds. The Morgan fingerprint density at radius 1 is 1.27 bits per heavy atom. The van der Waals surface area contributed by atoms with Crippen LogP contribution in [-0.4, -0.2) is 65.9 Å². The highest BCUT2D eigenvalue weighted by Gasteiger charge is 2.47. The molecule has 3 aliphatic rings. The summed E-state index contributed by atoms with van der Waals surface area (Å²) in [5.74, 6) is -2.55. The number of pyridine rings is 1. The lowest BCUT2D eigenvalue weighted by molar-refractivity contribution is -0.135. The molecule has 0 atom stereocenters. The van der Waals surface area contributed by atoms with Gasteiger partial charge < -0.3 is 19.9 Å². The van der Waals surface area contributed by atoms with Crippen LogP contribution in [0.2, 0.25) is 0 Å². The maximum Gasteiger partial charge on any atom is 0.282 e. The van der Waals surface area contributed by atoms with Gasteiger partial charge in [-0.25, -0.2) is 13.8 Å². The third-order valence-corrected chi connectivity index (χ3v) is 6.37. The molecular weight excluding hydrogens is 394 g/mol. The smallest absolute Gasteiger partial charge is 0.282 e. The van der Waals surface area contributed by atoms with Crippen LogP contribution in [0.5, 0.6) is 5.88 Å². The molecule has 4 rings (SSSR count). The van der Waals surface area contributed by atoms with Crippen LogP contribution < -0.4 is 15.0 Å². The lowest BCUT2D eigenvalue weighted by Gasteiger charge is -2.45. The average molecular weight is 422 g/mol. The van der Waals surface area contributed by atoms with E-state index in [1.165, 1.54) is 4.90 Å². The molecule has 2 aliphatic heterocycles. The number of anilines is 1. The minimum absolute atomic E-state index is 0.156. The number of hydrogen-bond acceptors (Lipinski definition) is 5. The Hall–Kier alpha value is -2.45. The SMILES string of the molecule is CCC1(CC)C(=O)NCCN1C(=O)c1ccc(N2CC(F)(F)C2)c(OCC2CC2)n1. The van der Waals surface area contributed by atoms with Gasteiger partial charge in [0.05, 0.1) is 19.7 Å². The number of alkyl halides is 2. The van der Waals surface area contributed by atoms with Gasteiger partial charge in [-0.3, -0.25) is 9.59 Å². The van der Waals surface area contributed by atoms with E-state index in [-0.39, 0.29) is 36.5 Å². The van der Waals surface area contributed by atoms with E-state index in [9.17, 15) is 18.4 Å². The van der Waals surface area contributed by atoms with Crippen molar-refractivity contribution in [1.29, 1.82) is 0 Å². The number of nitrogens with zero attached hydrogens (tertiary/aromatic N) is 3. The molecule has 1 saturated carbocycles. The number of carbonyl (C=O) groups excluding carboxylic acids is 2. The van der Waals surface area contributed by atoms with Crippen molar-refractivity contribution in [3.05, 3.63) is 17.8 Å². The maximum atomic E-state index is 13.4. The topological polar surface area (TPSA) is 74.8 Å². The van der Waals surface area contributed by atoms with Crippen LogP contribution in [0, 0.1) is 5.92 Å². The molecule has 164 valence electrons. The molecule has 30 heavy (non-hydrogen) atoms. The van der Waals surface area contributed by atoms with Crippen LogP contribution in [0.3, 0.4) is 0 Å². The fourth-order valence-electron chi connectivity index (χ4n) is 4.23. The van der Waals surface area contributed by atoms with Gasteiger partial charge in [0, 0.05) is 13.1 Å². The predicted molar refractivity (Wildman–Crippen MR) is 107 cm³/mol. The van der Waals surface area contributed by atoms with Crippen molar-refractivity contribution in [2.75, 3.05) is 37.7 Å². The highest BCUT2D eigenvalue weighted by atomic mass is 19.3. The van der Waals surface area contributed by atoms with Gasteiger partial charge in [-0.2, -0.15) is 0 Å². The first kappa shape index (κ1) is 20.8. The van der Waals surface area contributed by atoms with Crippen LogP contribution >= 0.6 is 0 Å². The fourth-order valence-corrected chi connectivity index (χ4v) is 4.23. The van der Waals surface area contributed by atoms with Crippen LogP contribution in [0.1, 0.15) is 50.0 Å². The number of halogens is 2. The standard InChI is InChI=1S/C21H28F2N4O3/c1-3-20(4-2)19(29)24-9-10-27(20)18(28)15-7-8-16(26-12-21(22,23)13-26)17(25-15)30-11-14-5-6-14/h7-8,14H,3-6,9-13H2,1-2H3,(H,24,29). The van der Waals surface area contributed by atoms with Gasteiger partial charge in [0.2, 0.25) is 11.8 Å². The summed E-state index contributed by atoms with van der Waals surface area (Å²) >= 11 is 0. The summed E-state index contributed by atoms with van der Waals surface area (Å²) in [5.41, 5.74) is -0.269. The number of hydrogen-bond donors (Lipinski definition) is 1. The fraction of sp³-hybridized carbons (Fsp3) is 0.667. The van der Waals surface area contributed by atoms with Crippen molar-refractivity contribution in [1.82, 2.24) is 15.2 Å². The zero-order valence-corrected chi connectivity index (χ0v) is 17.4. The minimum Gasteiger partial charge on any atom is -0.476 e.